The highest BCUT2D eigenvalue weighted by molar-refractivity contribution is 6.15. The van der Waals surface area contributed by atoms with Crippen LogP contribution in [0, 0.1) is 0 Å². The Bertz CT molecular complexity index is 2360. The summed E-state index contributed by atoms with van der Waals surface area (Å²) < 4.78 is 2.41. The van der Waals surface area contributed by atoms with Gasteiger partial charge in [-0.25, -0.2) is 9.97 Å². The molecule has 0 fully saturated rings. The predicted molar refractivity (Wildman–Crippen MR) is 190 cm³/mol. The van der Waals surface area contributed by atoms with Gasteiger partial charge in [-0.05, 0) is 64.7 Å². The summed E-state index contributed by atoms with van der Waals surface area (Å²) in [5.41, 5.74) is 13.8. The summed E-state index contributed by atoms with van der Waals surface area (Å²) in [6, 6.07) is 53.8. The van der Waals surface area contributed by atoms with Gasteiger partial charge in [-0.1, -0.05) is 123 Å². The lowest BCUT2D eigenvalue weighted by atomic mass is 9.80. The van der Waals surface area contributed by atoms with Crippen molar-refractivity contribution in [2.75, 3.05) is 0 Å². The van der Waals surface area contributed by atoms with Crippen molar-refractivity contribution >= 4 is 21.8 Å². The Labute approximate surface area is 268 Å². The van der Waals surface area contributed by atoms with Crippen LogP contribution >= 0.6 is 0 Å². The third kappa shape index (κ3) is 3.98. The van der Waals surface area contributed by atoms with Crippen LogP contribution in [-0.2, 0) is 5.41 Å². The second kappa shape index (κ2) is 10.1. The van der Waals surface area contributed by atoms with Gasteiger partial charge >= 0.3 is 0 Å². The summed E-state index contributed by atoms with van der Waals surface area (Å²) in [5.74, 6) is 0.720. The first-order chi connectivity index (χ1) is 22.6. The van der Waals surface area contributed by atoms with Crippen molar-refractivity contribution in [3.63, 3.8) is 0 Å². The molecule has 8 aromatic rings. The van der Waals surface area contributed by atoms with Crippen LogP contribution in [0.5, 0.6) is 0 Å². The fraction of sp³-hybridized carbons (Fsp3) is 0.0698. The molecule has 46 heavy (non-hydrogen) atoms. The molecule has 0 bridgehead atoms. The van der Waals surface area contributed by atoms with Crippen molar-refractivity contribution in [2.24, 2.45) is 0 Å². The zero-order chi connectivity index (χ0) is 30.8. The first-order valence-electron chi connectivity index (χ1n) is 15.9. The van der Waals surface area contributed by atoms with Gasteiger partial charge in [0.2, 0.25) is 0 Å². The van der Waals surface area contributed by atoms with Gasteiger partial charge in [0.1, 0.15) is 0 Å². The van der Waals surface area contributed by atoms with E-state index in [1.54, 1.807) is 0 Å². The maximum absolute atomic E-state index is 5.17. The standard InChI is InChI=1S/C43H31N3/c1-43(2)35-21-13-12-20-32(35)33-23-25-39-40(41(33)43)34-26-30(22-24-38(34)46(39)31-18-10-5-11-19-31)42-44-36(28-14-6-3-7-15-28)27-37(45-42)29-16-8-4-9-17-29/h3-27H,1-2H3. The van der Waals surface area contributed by atoms with E-state index in [-0.39, 0.29) is 5.41 Å². The minimum Gasteiger partial charge on any atom is -0.309 e. The summed E-state index contributed by atoms with van der Waals surface area (Å²) in [6.45, 7) is 4.73. The SMILES string of the molecule is CC1(C)c2ccccc2-c2ccc3c(c21)c1cc(-c2nc(-c4ccccc4)cc(-c4ccccc4)n2)ccc1n3-c1ccccc1. The average Bonchev–Trinajstić information content (AvgIpc) is 3.57. The molecule has 0 saturated carbocycles. The number of hydrogen-bond donors (Lipinski definition) is 0. The molecule has 0 unspecified atom stereocenters. The second-order valence-electron chi connectivity index (χ2n) is 12.6. The number of nitrogens with zero attached hydrogens (tertiary/aromatic N) is 3. The Morgan fingerprint density at radius 3 is 1.76 bits per heavy atom. The normalized spacial score (nSPS) is 13.2. The van der Waals surface area contributed by atoms with Crippen molar-refractivity contribution in [1.29, 1.82) is 0 Å². The van der Waals surface area contributed by atoms with Gasteiger partial charge in [-0.15, -0.1) is 0 Å². The predicted octanol–water partition coefficient (Wildman–Crippen LogP) is 10.9. The number of aromatic nitrogens is 3. The molecule has 2 aromatic heterocycles. The molecule has 1 aliphatic carbocycles. The quantitative estimate of drug-likeness (QED) is 0.204. The van der Waals surface area contributed by atoms with Gasteiger partial charge < -0.3 is 4.57 Å². The summed E-state index contributed by atoms with van der Waals surface area (Å²) in [4.78, 5) is 10.3. The summed E-state index contributed by atoms with van der Waals surface area (Å²) >= 11 is 0. The van der Waals surface area contributed by atoms with Crippen LogP contribution in [0.1, 0.15) is 25.0 Å². The molecule has 1 aliphatic rings. The molecule has 0 N–H and O–H groups in total. The van der Waals surface area contributed by atoms with E-state index in [0.717, 1.165) is 39.6 Å². The number of para-hydroxylation sites is 1. The molecular weight excluding hydrogens is 558 g/mol. The molecule has 0 saturated heterocycles. The highest BCUT2D eigenvalue weighted by Gasteiger charge is 2.38. The van der Waals surface area contributed by atoms with E-state index in [1.165, 1.54) is 44.1 Å². The number of benzene rings is 6. The molecule has 0 aliphatic heterocycles. The largest absolute Gasteiger partial charge is 0.309 e. The second-order valence-corrected chi connectivity index (χ2v) is 12.6. The van der Waals surface area contributed by atoms with Gasteiger partial charge in [0.05, 0.1) is 22.4 Å². The van der Waals surface area contributed by atoms with Crippen molar-refractivity contribution in [1.82, 2.24) is 14.5 Å². The number of hydrogen-bond acceptors (Lipinski definition) is 2. The molecule has 2 heterocycles. The van der Waals surface area contributed by atoms with Crippen LogP contribution in [0.3, 0.4) is 0 Å². The Balaban J connectivity index is 1.35. The summed E-state index contributed by atoms with van der Waals surface area (Å²) in [5, 5.41) is 2.51. The van der Waals surface area contributed by atoms with Crippen LogP contribution in [0.4, 0.5) is 0 Å². The molecule has 0 amide bonds. The fourth-order valence-corrected chi connectivity index (χ4v) is 7.47. The van der Waals surface area contributed by atoms with Crippen LogP contribution < -0.4 is 0 Å². The molecule has 3 nitrogen and oxygen atoms in total. The minimum atomic E-state index is -0.151. The Morgan fingerprint density at radius 2 is 1.09 bits per heavy atom. The van der Waals surface area contributed by atoms with E-state index in [1.807, 2.05) is 12.1 Å². The van der Waals surface area contributed by atoms with Gasteiger partial charge in [-0.2, -0.15) is 0 Å². The van der Waals surface area contributed by atoms with Crippen molar-refractivity contribution < 1.29 is 0 Å². The van der Waals surface area contributed by atoms with Gasteiger partial charge in [0.25, 0.3) is 0 Å². The van der Waals surface area contributed by atoms with E-state index >= 15 is 0 Å². The monoisotopic (exact) mass is 589 g/mol. The molecule has 0 spiro atoms. The lowest BCUT2D eigenvalue weighted by Crippen LogP contribution is -2.15. The van der Waals surface area contributed by atoms with E-state index in [2.05, 4.69) is 158 Å². The lowest BCUT2D eigenvalue weighted by molar-refractivity contribution is 0.666. The smallest absolute Gasteiger partial charge is 0.160 e. The Kier molecular flexibility index (Phi) is 5.85. The molecule has 218 valence electrons. The third-order valence-corrected chi connectivity index (χ3v) is 9.58. The van der Waals surface area contributed by atoms with Crippen molar-refractivity contribution in [3.05, 3.63) is 163 Å². The lowest BCUT2D eigenvalue weighted by Gasteiger charge is -2.22. The van der Waals surface area contributed by atoms with E-state index in [9.17, 15) is 0 Å². The molecule has 9 rings (SSSR count). The molecule has 3 heteroatoms. The topological polar surface area (TPSA) is 30.7 Å². The number of rotatable bonds is 4. The van der Waals surface area contributed by atoms with E-state index in [0.29, 0.717) is 0 Å². The van der Waals surface area contributed by atoms with Gasteiger partial charge in [-0.3, -0.25) is 0 Å². The van der Waals surface area contributed by atoms with Gasteiger partial charge in [0.15, 0.2) is 5.82 Å². The maximum Gasteiger partial charge on any atom is 0.160 e. The molecule has 0 atom stereocenters. The van der Waals surface area contributed by atoms with Crippen LogP contribution in [0.25, 0.3) is 72.5 Å². The van der Waals surface area contributed by atoms with E-state index in [4.69, 9.17) is 9.97 Å². The van der Waals surface area contributed by atoms with Gasteiger partial charge in [0, 0.05) is 38.6 Å². The maximum atomic E-state index is 5.17. The molecule has 6 aromatic carbocycles. The number of fused-ring (bicyclic) bond motifs is 7. The van der Waals surface area contributed by atoms with Crippen molar-refractivity contribution in [2.45, 2.75) is 19.3 Å². The molecule has 0 radical (unpaired) electrons. The highest BCUT2D eigenvalue weighted by Crippen LogP contribution is 2.53. The first-order valence-corrected chi connectivity index (χ1v) is 15.9. The summed E-state index contributed by atoms with van der Waals surface area (Å²) in [6.07, 6.45) is 0. The molecular formula is C43H31N3. The zero-order valence-electron chi connectivity index (χ0n) is 25.8. The van der Waals surface area contributed by atoms with Crippen LogP contribution in [0.2, 0.25) is 0 Å². The van der Waals surface area contributed by atoms with Crippen LogP contribution in [-0.4, -0.2) is 14.5 Å². The Morgan fingerprint density at radius 1 is 0.500 bits per heavy atom. The third-order valence-electron chi connectivity index (χ3n) is 9.58. The van der Waals surface area contributed by atoms with Crippen LogP contribution in [0.15, 0.2) is 152 Å². The first kappa shape index (κ1) is 26.6. The minimum absolute atomic E-state index is 0.151. The Hall–Kier alpha value is -5.80. The summed E-state index contributed by atoms with van der Waals surface area (Å²) in [7, 11) is 0. The van der Waals surface area contributed by atoms with Crippen molar-refractivity contribution in [3.8, 4) is 50.7 Å². The highest BCUT2D eigenvalue weighted by atomic mass is 15.0. The van der Waals surface area contributed by atoms with E-state index < -0.39 is 0 Å². The average molecular weight is 590 g/mol. The fourth-order valence-electron chi connectivity index (χ4n) is 7.47. The zero-order valence-corrected chi connectivity index (χ0v) is 25.8.